The van der Waals surface area contributed by atoms with Crippen molar-refractivity contribution in [3.8, 4) is 0 Å². The number of hydrogen-bond donors (Lipinski definition) is 3. The van der Waals surface area contributed by atoms with Gasteiger partial charge in [0.05, 0.1) is 0 Å². The van der Waals surface area contributed by atoms with E-state index in [-0.39, 0.29) is 6.90 Å². The molecule has 0 aliphatic carbocycles. The standard InChI is InChI=1S/C6H12N2O2S/c1-4(11-3-2-7)5(8)6(9)10/h2-5H,7-8H2,1H3,(H,9,10)/b3-2-/t4-,5-/m0/s1/i1D. The van der Waals surface area contributed by atoms with Crippen molar-refractivity contribution in [3.63, 3.8) is 0 Å². The van der Waals surface area contributed by atoms with Crippen LogP contribution >= 0.6 is 11.8 Å². The highest BCUT2D eigenvalue weighted by molar-refractivity contribution is 8.02. The Kier molecular flexibility index (Phi) is 3.85. The summed E-state index contributed by atoms with van der Waals surface area (Å²) in [6.45, 7) is -0.0392. The zero-order valence-electron chi connectivity index (χ0n) is 6.93. The minimum atomic E-state index is -1.09. The number of carbonyl (C=O) groups is 1. The summed E-state index contributed by atoms with van der Waals surface area (Å²) in [7, 11) is 0. The lowest BCUT2D eigenvalue weighted by Gasteiger charge is -2.12. The third kappa shape index (κ3) is 3.90. The summed E-state index contributed by atoms with van der Waals surface area (Å²) in [5.41, 5.74) is 10.4. The minimum absolute atomic E-state index is 0.0392. The fraction of sp³-hybridized carbons (Fsp3) is 0.500. The maximum atomic E-state index is 10.4. The maximum absolute atomic E-state index is 10.4. The van der Waals surface area contributed by atoms with E-state index in [2.05, 4.69) is 0 Å². The molecule has 0 aliphatic rings. The molecule has 0 heterocycles. The molecule has 5 heteroatoms. The zero-order valence-corrected chi connectivity index (χ0v) is 6.75. The predicted molar refractivity (Wildman–Crippen MR) is 46.0 cm³/mol. The van der Waals surface area contributed by atoms with Gasteiger partial charge in [0.15, 0.2) is 0 Å². The normalized spacial score (nSPS) is 17.7. The number of rotatable bonds is 4. The van der Waals surface area contributed by atoms with Gasteiger partial charge in [0.25, 0.3) is 0 Å². The highest BCUT2D eigenvalue weighted by Crippen LogP contribution is 2.13. The molecule has 0 unspecified atom stereocenters. The number of carboxylic acids is 1. The van der Waals surface area contributed by atoms with Crippen LogP contribution in [0.5, 0.6) is 0 Å². The van der Waals surface area contributed by atoms with Gasteiger partial charge in [-0.25, -0.2) is 0 Å². The van der Waals surface area contributed by atoms with Gasteiger partial charge < -0.3 is 16.6 Å². The maximum Gasteiger partial charge on any atom is 0.321 e. The van der Waals surface area contributed by atoms with Crippen LogP contribution in [0.2, 0.25) is 0 Å². The van der Waals surface area contributed by atoms with Crippen LogP contribution < -0.4 is 11.5 Å². The quantitative estimate of drug-likeness (QED) is 0.560. The van der Waals surface area contributed by atoms with Crippen LogP contribution in [0, 0.1) is 0 Å². The van der Waals surface area contributed by atoms with Crippen LogP contribution in [0.1, 0.15) is 8.27 Å². The van der Waals surface area contributed by atoms with Crippen molar-refractivity contribution in [2.24, 2.45) is 11.5 Å². The Balaban J connectivity index is 4.04. The van der Waals surface area contributed by atoms with E-state index >= 15 is 0 Å². The van der Waals surface area contributed by atoms with Gasteiger partial charge in [0.1, 0.15) is 6.04 Å². The van der Waals surface area contributed by atoms with Gasteiger partial charge in [-0.3, -0.25) is 4.79 Å². The fourth-order valence-corrected chi connectivity index (χ4v) is 0.968. The summed E-state index contributed by atoms with van der Waals surface area (Å²) in [6, 6.07) is -1.01. The summed E-state index contributed by atoms with van der Waals surface area (Å²) in [6.07, 6.45) is 1.29. The Morgan fingerprint density at radius 2 is 2.55 bits per heavy atom. The largest absolute Gasteiger partial charge is 0.480 e. The second-order valence-electron chi connectivity index (χ2n) is 1.87. The molecule has 4 nitrogen and oxygen atoms in total. The van der Waals surface area contributed by atoms with Gasteiger partial charge in [-0.15, -0.1) is 11.8 Å². The van der Waals surface area contributed by atoms with Crippen molar-refractivity contribution in [2.45, 2.75) is 18.2 Å². The number of carboxylic acid groups (broad SMARTS) is 1. The Morgan fingerprint density at radius 3 is 2.91 bits per heavy atom. The highest BCUT2D eigenvalue weighted by Gasteiger charge is 2.18. The van der Waals surface area contributed by atoms with E-state index in [0.29, 0.717) is 0 Å². The average Bonchev–Trinajstić information content (AvgIpc) is 2.05. The molecule has 0 fully saturated rings. The molecule has 0 aromatic carbocycles. The first-order valence-electron chi connectivity index (χ1n) is 3.64. The summed E-state index contributed by atoms with van der Waals surface area (Å²) < 4.78 is 7.02. The molecule has 0 radical (unpaired) electrons. The Hall–Kier alpha value is -0.680. The molecule has 0 aromatic heterocycles. The molecule has 0 aromatic rings. The molecule has 0 saturated carbocycles. The smallest absolute Gasteiger partial charge is 0.321 e. The summed E-state index contributed by atoms with van der Waals surface area (Å²) in [5.74, 6) is -1.09. The lowest BCUT2D eigenvalue weighted by Crippen LogP contribution is -2.38. The van der Waals surface area contributed by atoms with E-state index in [4.69, 9.17) is 17.9 Å². The van der Waals surface area contributed by atoms with E-state index < -0.39 is 17.3 Å². The van der Waals surface area contributed by atoms with E-state index in [9.17, 15) is 4.79 Å². The van der Waals surface area contributed by atoms with Crippen LogP contribution in [-0.4, -0.2) is 22.4 Å². The lowest BCUT2D eigenvalue weighted by atomic mass is 10.2. The van der Waals surface area contributed by atoms with E-state index in [0.717, 1.165) is 11.8 Å². The second kappa shape index (κ2) is 5.03. The lowest BCUT2D eigenvalue weighted by molar-refractivity contribution is -0.138. The van der Waals surface area contributed by atoms with Crippen LogP contribution in [0.25, 0.3) is 0 Å². The van der Waals surface area contributed by atoms with Crippen LogP contribution in [-0.2, 0) is 4.79 Å². The summed E-state index contributed by atoms with van der Waals surface area (Å²) in [5, 5.41) is 9.59. The topological polar surface area (TPSA) is 89.3 Å². The van der Waals surface area contributed by atoms with Crippen molar-refractivity contribution in [1.29, 1.82) is 0 Å². The summed E-state index contributed by atoms with van der Waals surface area (Å²) >= 11 is 1.16. The summed E-state index contributed by atoms with van der Waals surface area (Å²) in [4.78, 5) is 10.4. The SMILES string of the molecule is [2H]C[C@H](S/C=C\N)[C@H](N)C(=O)O. The van der Waals surface area contributed by atoms with Crippen molar-refractivity contribution >= 4 is 17.7 Å². The van der Waals surface area contributed by atoms with Crippen molar-refractivity contribution in [1.82, 2.24) is 0 Å². The molecule has 0 rings (SSSR count). The second-order valence-corrected chi connectivity index (χ2v) is 3.02. The first-order valence-corrected chi connectivity index (χ1v) is 3.87. The first kappa shape index (κ1) is 8.42. The Morgan fingerprint density at radius 1 is 1.91 bits per heavy atom. The van der Waals surface area contributed by atoms with Gasteiger partial charge >= 0.3 is 5.97 Å². The van der Waals surface area contributed by atoms with Gasteiger partial charge in [0.2, 0.25) is 0 Å². The number of aliphatic carboxylic acids is 1. The van der Waals surface area contributed by atoms with Crippen molar-refractivity contribution < 1.29 is 11.3 Å². The molecule has 0 aliphatic heterocycles. The number of thioether (sulfide) groups is 1. The van der Waals surface area contributed by atoms with Crippen LogP contribution in [0.15, 0.2) is 11.6 Å². The molecule has 0 amide bonds. The van der Waals surface area contributed by atoms with Gasteiger partial charge in [-0.05, 0) is 5.41 Å². The molecular formula is C6H12N2O2S. The number of hydrogen-bond acceptors (Lipinski definition) is 4. The Labute approximate surface area is 71.0 Å². The molecule has 0 spiro atoms. The Bertz CT molecular complexity index is 177. The number of nitrogens with two attached hydrogens (primary N) is 2. The monoisotopic (exact) mass is 177 g/mol. The zero-order chi connectivity index (χ0) is 9.56. The van der Waals surface area contributed by atoms with Gasteiger partial charge in [-0.2, -0.15) is 0 Å². The third-order valence-electron chi connectivity index (χ3n) is 1.02. The van der Waals surface area contributed by atoms with Gasteiger partial charge in [0, 0.05) is 12.8 Å². The third-order valence-corrected chi connectivity index (χ3v) is 1.97. The van der Waals surface area contributed by atoms with Crippen molar-refractivity contribution in [2.75, 3.05) is 0 Å². The highest BCUT2D eigenvalue weighted by atomic mass is 32.2. The van der Waals surface area contributed by atoms with Crippen LogP contribution in [0.3, 0.4) is 0 Å². The molecule has 5 N–H and O–H groups in total. The molecular weight excluding hydrogens is 164 g/mol. The molecule has 64 valence electrons. The minimum Gasteiger partial charge on any atom is -0.480 e. The van der Waals surface area contributed by atoms with E-state index in [1.807, 2.05) is 0 Å². The molecule has 11 heavy (non-hydrogen) atoms. The van der Waals surface area contributed by atoms with E-state index in [1.54, 1.807) is 0 Å². The van der Waals surface area contributed by atoms with Crippen LogP contribution in [0.4, 0.5) is 0 Å². The first-order chi connectivity index (χ1) is 5.63. The predicted octanol–water partition coefficient (Wildman–Crippen LogP) is -0.0501. The average molecular weight is 177 g/mol. The molecule has 0 saturated heterocycles. The van der Waals surface area contributed by atoms with E-state index in [1.165, 1.54) is 11.6 Å². The molecule has 0 bridgehead atoms. The molecule has 2 atom stereocenters. The fourth-order valence-electron chi connectivity index (χ4n) is 0.390. The van der Waals surface area contributed by atoms with Gasteiger partial charge in [-0.1, -0.05) is 6.90 Å². The van der Waals surface area contributed by atoms with Crippen molar-refractivity contribution in [3.05, 3.63) is 11.6 Å².